The van der Waals surface area contributed by atoms with Crippen LogP contribution in [0.2, 0.25) is 10.0 Å². The molecule has 2 aromatic carbocycles. The van der Waals surface area contributed by atoms with Crippen molar-refractivity contribution in [1.82, 2.24) is 5.32 Å². The van der Waals surface area contributed by atoms with Crippen molar-refractivity contribution in [2.24, 2.45) is 4.99 Å². The highest BCUT2D eigenvalue weighted by Crippen LogP contribution is 2.37. The van der Waals surface area contributed by atoms with E-state index in [1.165, 1.54) is 24.3 Å². The summed E-state index contributed by atoms with van der Waals surface area (Å²) in [7, 11) is 0. The zero-order valence-corrected chi connectivity index (χ0v) is 16.7. The van der Waals surface area contributed by atoms with Gasteiger partial charge in [0.1, 0.15) is 5.84 Å². The number of aliphatic imine (C=N–C) groups is 1. The maximum absolute atomic E-state index is 12.6. The lowest BCUT2D eigenvalue weighted by Crippen LogP contribution is -2.32. The molecule has 0 aromatic heterocycles. The molecule has 1 saturated heterocycles. The lowest BCUT2D eigenvalue weighted by molar-refractivity contribution is -0.137. The number of rotatable bonds is 3. The summed E-state index contributed by atoms with van der Waals surface area (Å²) in [6.45, 7) is 2.05. The van der Waals surface area contributed by atoms with E-state index in [1.807, 2.05) is 6.92 Å². The normalized spacial score (nSPS) is 18.6. The number of benzene rings is 2. The molecule has 1 fully saturated rings. The molecule has 1 aliphatic rings. The Labute approximate surface area is 174 Å². The zero-order chi connectivity index (χ0) is 20.6. The van der Waals surface area contributed by atoms with Crippen LogP contribution in [-0.4, -0.2) is 22.1 Å². The lowest BCUT2D eigenvalue weighted by atomic mass is 10.1. The summed E-state index contributed by atoms with van der Waals surface area (Å²) in [4.78, 5) is 6.17. The van der Waals surface area contributed by atoms with Crippen molar-refractivity contribution in [3.05, 3.63) is 57.6 Å². The number of hydrogen-bond acceptors (Lipinski definition) is 3. The first-order valence-corrected chi connectivity index (χ1v) is 9.23. The molecule has 1 heterocycles. The Hall–Kier alpha value is -2.03. The van der Waals surface area contributed by atoms with Crippen LogP contribution in [0.1, 0.15) is 18.1 Å². The summed E-state index contributed by atoms with van der Waals surface area (Å²) in [5, 5.41) is 13.3. The van der Waals surface area contributed by atoms with Crippen molar-refractivity contribution in [3.63, 3.8) is 0 Å². The van der Waals surface area contributed by atoms with Gasteiger partial charge in [-0.25, -0.2) is 0 Å². The van der Waals surface area contributed by atoms with Crippen LogP contribution in [0.15, 0.2) is 41.4 Å². The van der Waals surface area contributed by atoms with Crippen LogP contribution in [0.25, 0.3) is 0 Å². The molecular formula is C18H14Cl2F3N3OS. The number of thiocarbonyl (C=S) groups is 1. The van der Waals surface area contributed by atoms with Crippen LogP contribution in [0.3, 0.4) is 0 Å². The highest BCUT2D eigenvalue weighted by Gasteiger charge is 2.32. The molecule has 0 amide bonds. The zero-order valence-electron chi connectivity index (χ0n) is 14.4. The number of anilines is 1. The minimum absolute atomic E-state index is 0.0904. The monoisotopic (exact) mass is 447 g/mol. The molecule has 2 aromatic rings. The van der Waals surface area contributed by atoms with Gasteiger partial charge in [-0.2, -0.15) is 13.2 Å². The Bertz CT molecular complexity index is 925. The maximum atomic E-state index is 12.6. The maximum Gasteiger partial charge on any atom is 0.416 e. The van der Waals surface area contributed by atoms with Crippen LogP contribution < -0.4 is 10.2 Å². The van der Waals surface area contributed by atoms with E-state index >= 15 is 0 Å². The van der Waals surface area contributed by atoms with Gasteiger partial charge in [-0.3, -0.25) is 4.99 Å². The predicted octanol–water partition coefficient (Wildman–Crippen LogP) is 5.40. The highest BCUT2D eigenvalue weighted by atomic mass is 35.5. The smallest absolute Gasteiger partial charge is 0.416 e. The van der Waals surface area contributed by atoms with Gasteiger partial charge in [-0.1, -0.05) is 35.3 Å². The van der Waals surface area contributed by atoms with Gasteiger partial charge < -0.3 is 15.3 Å². The van der Waals surface area contributed by atoms with E-state index in [0.29, 0.717) is 22.2 Å². The van der Waals surface area contributed by atoms with Crippen LogP contribution in [0.5, 0.6) is 5.75 Å². The fourth-order valence-corrected chi connectivity index (χ4v) is 3.60. The summed E-state index contributed by atoms with van der Waals surface area (Å²) in [5.74, 6) is 0.347. The number of phenolic OH excluding ortho intramolecular Hbond substituents is 1. The summed E-state index contributed by atoms with van der Waals surface area (Å²) in [6, 6.07) is 7.62. The minimum Gasteiger partial charge on any atom is -0.505 e. The quantitative estimate of drug-likeness (QED) is 0.618. The van der Waals surface area contributed by atoms with Gasteiger partial charge in [0.15, 0.2) is 10.9 Å². The number of aromatic hydroxyl groups is 1. The second-order valence-electron chi connectivity index (χ2n) is 6.13. The second-order valence-corrected chi connectivity index (χ2v) is 7.33. The molecule has 0 saturated carbocycles. The number of nitrogens with one attached hydrogen (secondary N) is 1. The van der Waals surface area contributed by atoms with Crippen molar-refractivity contribution in [1.29, 1.82) is 0 Å². The number of nitrogens with zero attached hydrogens (tertiary/aromatic N) is 2. The fourth-order valence-electron chi connectivity index (χ4n) is 2.75. The fraction of sp³-hybridized carbons (Fsp3) is 0.222. The van der Waals surface area contributed by atoms with Crippen molar-refractivity contribution in [2.75, 3.05) is 4.90 Å². The van der Waals surface area contributed by atoms with Gasteiger partial charge in [0.25, 0.3) is 0 Å². The van der Waals surface area contributed by atoms with Crippen LogP contribution in [-0.2, 0) is 12.7 Å². The Balaban J connectivity index is 1.79. The largest absolute Gasteiger partial charge is 0.505 e. The Morgan fingerprint density at radius 3 is 2.29 bits per heavy atom. The van der Waals surface area contributed by atoms with Crippen molar-refractivity contribution in [2.45, 2.75) is 25.7 Å². The predicted molar refractivity (Wildman–Crippen MR) is 108 cm³/mol. The lowest BCUT2D eigenvalue weighted by Gasteiger charge is -2.22. The molecule has 1 atom stereocenters. The molecule has 1 aliphatic heterocycles. The summed E-state index contributed by atoms with van der Waals surface area (Å²) >= 11 is 17.3. The molecule has 0 bridgehead atoms. The third-order valence-corrected chi connectivity index (χ3v) is 5.10. The number of halogens is 5. The van der Waals surface area contributed by atoms with Gasteiger partial charge in [0, 0.05) is 5.69 Å². The number of alkyl halides is 3. The molecule has 4 nitrogen and oxygen atoms in total. The van der Waals surface area contributed by atoms with Gasteiger partial charge in [-0.15, -0.1) is 0 Å². The topological polar surface area (TPSA) is 47.9 Å². The van der Waals surface area contributed by atoms with Gasteiger partial charge in [-0.05, 0) is 49.0 Å². The summed E-state index contributed by atoms with van der Waals surface area (Å²) in [6.07, 6.45) is -4.37. The van der Waals surface area contributed by atoms with Gasteiger partial charge >= 0.3 is 6.18 Å². The summed E-state index contributed by atoms with van der Waals surface area (Å²) < 4.78 is 37.9. The number of hydrogen-bond donors (Lipinski definition) is 2. The molecule has 0 spiro atoms. The van der Waals surface area contributed by atoms with E-state index in [4.69, 9.17) is 35.4 Å². The first-order chi connectivity index (χ1) is 13.1. The van der Waals surface area contributed by atoms with Crippen molar-refractivity contribution < 1.29 is 18.3 Å². The Morgan fingerprint density at radius 2 is 1.75 bits per heavy atom. The second kappa shape index (κ2) is 7.77. The third kappa shape index (κ3) is 4.19. The van der Waals surface area contributed by atoms with Crippen LogP contribution >= 0.6 is 35.4 Å². The van der Waals surface area contributed by atoms with Crippen molar-refractivity contribution in [3.8, 4) is 5.75 Å². The van der Waals surface area contributed by atoms with Crippen LogP contribution in [0.4, 0.5) is 18.9 Å². The van der Waals surface area contributed by atoms with E-state index < -0.39 is 11.7 Å². The number of phenols is 1. The standard InChI is InChI=1S/C18H14Cl2F3N3OS/c1-9-16(24-8-10-2-4-11(5-3-10)18(21,22)23)25-17(28)26(9)12-6-13(19)15(27)14(20)7-12/h2-7,9,27H,8H2,1H3,(H,24,25,28). The SMILES string of the molecule is CC1C(=NCc2ccc(C(F)(F)F)cc2)NC(=S)N1c1cc(Cl)c(O)c(Cl)c1. The first-order valence-electron chi connectivity index (χ1n) is 8.06. The molecule has 0 aliphatic carbocycles. The van der Waals surface area contributed by atoms with E-state index in [0.717, 1.165) is 12.1 Å². The molecule has 0 radical (unpaired) electrons. The molecule has 10 heteroatoms. The molecule has 28 heavy (non-hydrogen) atoms. The summed E-state index contributed by atoms with van der Waals surface area (Å²) in [5.41, 5.74) is 0.511. The van der Waals surface area contributed by atoms with E-state index in [-0.39, 0.29) is 28.4 Å². The minimum atomic E-state index is -4.37. The van der Waals surface area contributed by atoms with E-state index in [1.54, 1.807) is 4.90 Å². The van der Waals surface area contributed by atoms with E-state index in [2.05, 4.69) is 10.3 Å². The third-order valence-electron chi connectivity index (χ3n) is 4.23. The van der Waals surface area contributed by atoms with E-state index in [9.17, 15) is 18.3 Å². The van der Waals surface area contributed by atoms with Crippen LogP contribution in [0, 0.1) is 0 Å². The highest BCUT2D eigenvalue weighted by molar-refractivity contribution is 7.80. The average Bonchev–Trinajstić information content (AvgIpc) is 2.90. The van der Waals surface area contributed by atoms with Crippen molar-refractivity contribution >= 4 is 52.1 Å². The molecule has 148 valence electrons. The molecule has 3 rings (SSSR count). The number of amidine groups is 1. The first kappa shape index (κ1) is 20.7. The van der Waals surface area contributed by atoms with Gasteiger partial charge in [0.2, 0.25) is 0 Å². The Kier molecular flexibility index (Phi) is 5.74. The molecular weight excluding hydrogens is 434 g/mol. The molecule has 1 unspecified atom stereocenters. The van der Waals surface area contributed by atoms with Gasteiger partial charge in [0.05, 0.1) is 28.2 Å². The molecule has 2 N–H and O–H groups in total. The Morgan fingerprint density at radius 1 is 1.18 bits per heavy atom. The average molecular weight is 448 g/mol.